The maximum Gasteiger partial charge on any atom is 0.0244 e. The van der Waals surface area contributed by atoms with Gasteiger partial charge in [0.15, 0.2) is 0 Å². The summed E-state index contributed by atoms with van der Waals surface area (Å²) in [6.45, 7) is 17.6. The minimum atomic E-state index is 0.369. The third-order valence-corrected chi connectivity index (χ3v) is 3.91. The van der Waals surface area contributed by atoms with Gasteiger partial charge in [-0.25, -0.2) is 0 Å². The van der Waals surface area contributed by atoms with Gasteiger partial charge in [0, 0.05) is 31.7 Å². The van der Waals surface area contributed by atoms with Gasteiger partial charge in [-0.3, -0.25) is 4.90 Å². The van der Waals surface area contributed by atoms with Crippen molar-refractivity contribution in [3.8, 4) is 0 Å². The lowest BCUT2D eigenvalue weighted by molar-refractivity contribution is 0.0756. The zero-order valence-electron chi connectivity index (χ0n) is 12.0. The molecule has 1 heterocycles. The van der Waals surface area contributed by atoms with E-state index in [0.29, 0.717) is 11.5 Å². The summed E-state index contributed by atoms with van der Waals surface area (Å²) in [6.07, 6.45) is 1.27. The molecule has 0 aromatic carbocycles. The van der Waals surface area contributed by atoms with Gasteiger partial charge in [0.05, 0.1) is 0 Å². The topological polar surface area (TPSA) is 15.3 Å². The third kappa shape index (κ3) is 3.46. The quantitative estimate of drug-likeness (QED) is 0.796. The largest absolute Gasteiger partial charge is 0.311 e. The normalized spacial score (nSPS) is 26.1. The molecule has 96 valence electrons. The lowest BCUT2D eigenvalue weighted by atomic mass is 9.84. The van der Waals surface area contributed by atoms with E-state index in [1.807, 2.05) is 0 Å². The molecule has 0 radical (unpaired) electrons. The molecule has 2 unspecified atom stereocenters. The molecule has 1 saturated heterocycles. The van der Waals surface area contributed by atoms with Gasteiger partial charge in [0.2, 0.25) is 0 Å². The van der Waals surface area contributed by atoms with Crippen LogP contribution in [0.3, 0.4) is 0 Å². The average molecular weight is 226 g/mol. The van der Waals surface area contributed by atoms with Crippen LogP contribution >= 0.6 is 0 Å². The van der Waals surface area contributed by atoms with Crippen LogP contribution in [0, 0.1) is 11.3 Å². The number of hydrogen-bond donors (Lipinski definition) is 1. The smallest absolute Gasteiger partial charge is 0.0244 e. The maximum absolute atomic E-state index is 3.67. The third-order valence-electron chi connectivity index (χ3n) is 3.91. The Morgan fingerprint density at radius 2 is 1.94 bits per heavy atom. The summed E-state index contributed by atoms with van der Waals surface area (Å²) in [4.78, 5) is 2.69. The SMILES string of the molecule is CCC(C(C)C)N1CCNC(C(C)(C)C)C1. The first-order valence-electron chi connectivity index (χ1n) is 6.83. The number of rotatable bonds is 3. The lowest BCUT2D eigenvalue weighted by Gasteiger charge is -2.44. The highest BCUT2D eigenvalue weighted by atomic mass is 15.2. The molecule has 0 amide bonds. The molecule has 0 spiro atoms. The van der Waals surface area contributed by atoms with Crippen LogP contribution in [0.4, 0.5) is 0 Å². The van der Waals surface area contributed by atoms with E-state index in [1.54, 1.807) is 0 Å². The molecule has 0 aromatic heterocycles. The molecule has 1 fully saturated rings. The average Bonchev–Trinajstić information content (AvgIpc) is 2.17. The van der Waals surface area contributed by atoms with E-state index >= 15 is 0 Å². The first kappa shape index (κ1) is 14.0. The van der Waals surface area contributed by atoms with Crippen LogP contribution in [0.5, 0.6) is 0 Å². The Morgan fingerprint density at radius 1 is 1.31 bits per heavy atom. The van der Waals surface area contributed by atoms with Gasteiger partial charge in [-0.1, -0.05) is 41.5 Å². The van der Waals surface area contributed by atoms with E-state index in [4.69, 9.17) is 0 Å². The van der Waals surface area contributed by atoms with E-state index in [9.17, 15) is 0 Å². The minimum Gasteiger partial charge on any atom is -0.311 e. The van der Waals surface area contributed by atoms with Gasteiger partial charge in [0.1, 0.15) is 0 Å². The molecule has 0 aromatic rings. The predicted octanol–water partition coefficient (Wildman–Crippen LogP) is 2.74. The van der Waals surface area contributed by atoms with Gasteiger partial charge in [-0.05, 0) is 17.8 Å². The first-order valence-corrected chi connectivity index (χ1v) is 6.83. The van der Waals surface area contributed by atoms with Gasteiger partial charge in [-0.2, -0.15) is 0 Å². The van der Waals surface area contributed by atoms with Crippen LogP contribution in [-0.2, 0) is 0 Å². The van der Waals surface area contributed by atoms with Gasteiger partial charge in [-0.15, -0.1) is 0 Å². The van der Waals surface area contributed by atoms with E-state index < -0.39 is 0 Å². The Labute approximate surface area is 102 Å². The Kier molecular flexibility index (Phi) is 4.81. The molecule has 2 nitrogen and oxygen atoms in total. The van der Waals surface area contributed by atoms with E-state index in [2.05, 4.69) is 51.8 Å². The Morgan fingerprint density at radius 3 is 2.38 bits per heavy atom. The summed E-state index contributed by atoms with van der Waals surface area (Å²) in [5.74, 6) is 0.767. The van der Waals surface area contributed by atoms with Crippen LogP contribution in [0.25, 0.3) is 0 Å². The minimum absolute atomic E-state index is 0.369. The molecular weight excluding hydrogens is 196 g/mol. The number of nitrogens with one attached hydrogen (secondary N) is 1. The monoisotopic (exact) mass is 226 g/mol. The standard InChI is InChI=1S/C14H30N2/c1-7-12(11(2)3)16-9-8-15-13(10-16)14(4,5)6/h11-13,15H,7-10H2,1-6H3. The molecule has 16 heavy (non-hydrogen) atoms. The van der Waals surface area contributed by atoms with Crippen molar-refractivity contribution in [1.29, 1.82) is 0 Å². The number of nitrogens with zero attached hydrogens (tertiary/aromatic N) is 1. The highest BCUT2D eigenvalue weighted by molar-refractivity contribution is 4.90. The van der Waals surface area contributed by atoms with Crippen LogP contribution in [0.1, 0.15) is 48.0 Å². The van der Waals surface area contributed by atoms with Crippen molar-refractivity contribution in [2.45, 2.75) is 60.0 Å². The summed E-state index contributed by atoms with van der Waals surface area (Å²) in [5.41, 5.74) is 0.369. The number of hydrogen-bond acceptors (Lipinski definition) is 2. The fraction of sp³-hybridized carbons (Fsp3) is 1.00. The van der Waals surface area contributed by atoms with Crippen LogP contribution in [-0.4, -0.2) is 36.6 Å². The number of piperazine rings is 1. The van der Waals surface area contributed by atoms with Crippen LogP contribution < -0.4 is 5.32 Å². The molecule has 1 aliphatic rings. The molecule has 1 aliphatic heterocycles. The molecule has 1 rings (SSSR count). The second kappa shape index (κ2) is 5.50. The first-order chi connectivity index (χ1) is 7.36. The van der Waals surface area contributed by atoms with Crippen molar-refractivity contribution in [2.24, 2.45) is 11.3 Å². The molecule has 2 heteroatoms. The van der Waals surface area contributed by atoms with Gasteiger partial charge >= 0.3 is 0 Å². The summed E-state index contributed by atoms with van der Waals surface area (Å²) < 4.78 is 0. The second-order valence-electron chi connectivity index (χ2n) is 6.59. The zero-order valence-corrected chi connectivity index (χ0v) is 12.0. The van der Waals surface area contributed by atoms with Crippen molar-refractivity contribution < 1.29 is 0 Å². The molecule has 1 N–H and O–H groups in total. The summed E-state index contributed by atoms with van der Waals surface area (Å²) in [5, 5.41) is 3.67. The highest BCUT2D eigenvalue weighted by Crippen LogP contribution is 2.24. The predicted molar refractivity (Wildman–Crippen MR) is 71.7 cm³/mol. The van der Waals surface area contributed by atoms with E-state index in [-0.39, 0.29) is 0 Å². The molecule has 0 aliphatic carbocycles. The summed E-state index contributed by atoms with van der Waals surface area (Å²) >= 11 is 0. The van der Waals surface area contributed by atoms with Gasteiger partial charge < -0.3 is 5.32 Å². The fourth-order valence-corrected chi connectivity index (χ4v) is 2.81. The summed E-state index contributed by atoms with van der Waals surface area (Å²) in [6, 6.07) is 1.39. The van der Waals surface area contributed by atoms with E-state index in [0.717, 1.165) is 18.5 Å². The van der Waals surface area contributed by atoms with Gasteiger partial charge in [0.25, 0.3) is 0 Å². The lowest BCUT2D eigenvalue weighted by Crippen LogP contribution is -2.58. The fourth-order valence-electron chi connectivity index (χ4n) is 2.81. The summed E-state index contributed by atoms with van der Waals surface area (Å²) in [7, 11) is 0. The van der Waals surface area contributed by atoms with Crippen molar-refractivity contribution in [2.75, 3.05) is 19.6 Å². The second-order valence-corrected chi connectivity index (χ2v) is 6.59. The van der Waals surface area contributed by atoms with Crippen molar-refractivity contribution in [3.05, 3.63) is 0 Å². The van der Waals surface area contributed by atoms with E-state index in [1.165, 1.54) is 19.5 Å². The van der Waals surface area contributed by atoms with Crippen molar-refractivity contribution >= 4 is 0 Å². The van der Waals surface area contributed by atoms with Crippen molar-refractivity contribution in [3.63, 3.8) is 0 Å². The molecular formula is C14H30N2. The van der Waals surface area contributed by atoms with Crippen molar-refractivity contribution in [1.82, 2.24) is 10.2 Å². The Hall–Kier alpha value is -0.0800. The molecule has 0 bridgehead atoms. The zero-order chi connectivity index (χ0) is 12.3. The van der Waals surface area contributed by atoms with Crippen LogP contribution in [0.15, 0.2) is 0 Å². The Bertz CT molecular complexity index is 205. The van der Waals surface area contributed by atoms with Crippen LogP contribution in [0.2, 0.25) is 0 Å². The Balaban J connectivity index is 2.62. The highest BCUT2D eigenvalue weighted by Gasteiger charge is 2.32. The molecule has 0 saturated carbocycles. The molecule has 2 atom stereocenters. The maximum atomic E-state index is 3.67.